The van der Waals surface area contributed by atoms with Crippen molar-refractivity contribution in [3.8, 4) is 0 Å². The third-order valence-corrected chi connectivity index (χ3v) is 2.68. The average Bonchev–Trinajstić information content (AvgIpc) is 2.16. The van der Waals surface area contributed by atoms with Crippen LogP contribution in [0.4, 0.5) is 0 Å². The first-order valence-electron chi connectivity index (χ1n) is 4.90. The van der Waals surface area contributed by atoms with Crippen molar-refractivity contribution in [2.45, 2.75) is 25.3 Å². The Morgan fingerprint density at radius 1 is 1.62 bits per heavy atom. The fourth-order valence-corrected chi connectivity index (χ4v) is 1.70. The lowest BCUT2D eigenvalue weighted by molar-refractivity contribution is 0.186. The molecular formula is C9H20N4. The van der Waals surface area contributed by atoms with Gasteiger partial charge in [-0.25, -0.2) is 0 Å². The number of likely N-dealkylation sites (tertiary alicyclic amines) is 1. The van der Waals surface area contributed by atoms with Crippen molar-refractivity contribution in [1.29, 1.82) is 0 Å². The van der Waals surface area contributed by atoms with Crippen molar-refractivity contribution in [2.75, 3.05) is 27.2 Å². The fraction of sp³-hybridized carbons (Fsp3) is 0.889. The molecule has 0 aromatic rings. The summed E-state index contributed by atoms with van der Waals surface area (Å²) >= 11 is 0. The zero-order valence-corrected chi connectivity index (χ0v) is 8.58. The fourth-order valence-electron chi connectivity index (χ4n) is 1.70. The maximum atomic E-state index is 5.56. The average molecular weight is 184 g/mol. The summed E-state index contributed by atoms with van der Waals surface area (Å²) in [5.41, 5.74) is 5.56. The molecular weight excluding hydrogens is 164 g/mol. The Labute approximate surface area is 80.2 Å². The van der Waals surface area contributed by atoms with Gasteiger partial charge in [0.2, 0.25) is 0 Å². The summed E-state index contributed by atoms with van der Waals surface area (Å²) in [6.07, 6.45) is 3.92. The minimum absolute atomic E-state index is 0.541. The number of piperidine rings is 1. The summed E-state index contributed by atoms with van der Waals surface area (Å²) in [6, 6.07) is 0.619. The number of rotatable bonds is 2. The number of hydrogen-bond donors (Lipinski definition) is 2. The number of likely N-dealkylation sites (N-methyl/N-ethyl adjacent to an activating group) is 1. The van der Waals surface area contributed by atoms with Crippen molar-refractivity contribution in [1.82, 2.24) is 10.2 Å². The van der Waals surface area contributed by atoms with Crippen molar-refractivity contribution in [2.24, 2.45) is 10.7 Å². The van der Waals surface area contributed by atoms with Gasteiger partial charge in [-0.15, -0.1) is 0 Å². The molecule has 0 aliphatic carbocycles. The molecule has 0 amide bonds. The number of nitrogens with zero attached hydrogens (tertiary/aromatic N) is 2. The number of hydrogen-bond acceptors (Lipinski definition) is 2. The van der Waals surface area contributed by atoms with Gasteiger partial charge in [-0.1, -0.05) is 6.42 Å². The van der Waals surface area contributed by atoms with E-state index >= 15 is 0 Å². The van der Waals surface area contributed by atoms with E-state index in [1.807, 2.05) is 0 Å². The zero-order valence-electron chi connectivity index (χ0n) is 8.58. The molecule has 0 radical (unpaired) electrons. The molecule has 1 aliphatic rings. The molecule has 1 rings (SSSR count). The lowest BCUT2D eigenvalue weighted by Gasteiger charge is -2.32. The molecule has 4 heteroatoms. The standard InChI is InChI=1S/C9H20N4/c1-11-9(10)12-7-8-5-3-4-6-13(8)2/h8H,3-7H2,1-2H3,(H3,10,11,12). The Hall–Kier alpha value is -0.770. The van der Waals surface area contributed by atoms with Crippen LogP contribution in [-0.2, 0) is 0 Å². The number of aliphatic imine (C=N–C) groups is 1. The summed E-state index contributed by atoms with van der Waals surface area (Å²) < 4.78 is 0. The summed E-state index contributed by atoms with van der Waals surface area (Å²) in [7, 11) is 3.87. The molecule has 0 saturated carbocycles. The Kier molecular flexibility index (Phi) is 4.02. The maximum Gasteiger partial charge on any atom is 0.188 e. The van der Waals surface area contributed by atoms with Gasteiger partial charge in [-0.3, -0.25) is 4.99 Å². The Morgan fingerprint density at radius 3 is 3.00 bits per heavy atom. The van der Waals surface area contributed by atoms with Crippen LogP contribution in [-0.4, -0.2) is 44.1 Å². The van der Waals surface area contributed by atoms with Gasteiger partial charge in [0.15, 0.2) is 5.96 Å². The van der Waals surface area contributed by atoms with E-state index in [1.54, 1.807) is 7.05 Å². The van der Waals surface area contributed by atoms with Crippen molar-refractivity contribution in [3.63, 3.8) is 0 Å². The Balaban J connectivity index is 2.26. The van der Waals surface area contributed by atoms with Crippen LogP contribution in [0, 0.1) is 0 Å². The minimum Gasteiger partial charge on any atom is -0.370 e. The highest BCUT2D eigenvalue weighted by atomic mass is 15.2. The predicted molar refractivity (Wildman–Crippen MR) is 55.8 cm³/mol. The van der Waals surface area contributed by atoms with Crippen LogP contribution in [0.3, 0.4) is 0 Å². The van der Waals surface area contributed by atoms with Crippen LogP contribution in [0.5, 0.6) is 0 Å². The van der Waals surface area contributed by atoms with Gasteiger partial charge in [0.05, 0.1) is 0 Å². The minimum atomic E-state index is 0.541. The molecule has 0 bridgehead atoms. The Morgan fingerprint density at radius 2 is 2.38 bits per heavy atom. The monoisotopic (exact) mass is 184 g/mol. The van der Waals surface area contributed by atoms with E-state index in [0.29, 0.717) is 12.0 Å². The molecule has 0 aromatic carbocycles. The summed E-state index contributed by atoms with van der Waals surface area (Å²) in [4.78, 5) is 6.25. The summed E-state index contributed by atoms with van der Waals surface area (Å²) in [6.45, 7) is 2.12. The van der Waals surface area contributed by atoms with Crippen LogP contribution in [0.25, 0.3) is 0 Å². The van der Waals surface area contributed by atoms with E-state index in [9.17, 15) is 0 Å². The smallest absolute Gasteiger partial charge is 0.188 e. The van der Waals surface area contributed by atoms with Crippen molar-refractivity contribution < 1.29 is 0 Å². The second-order valence-electron chi connectivity index (χ2n) is 3.62. The van der Waals surface area contributed by atoms with Crippen LogP contribution in [0.2, 0.25) is 0 Å². The molecule has 13 heavy (non-hydrogen) atoms. The summed E-state index contributed by atoms with van der Waals surface area (Å²) in [5.74, 6) is 0.541. The topological polar surface area (TPSA) is 53.6 Å². The molecule has 0 spiro atoms. The van der Waals surface area contributed by atoms with Gasteiger partial charge >= 0.3 is 0 Å². The lowest BCUT2D eigenvalue weighted by atomic mass is 10.0. The normalized spacial score (nSPS) is 26.0. The van der Waals surface area contributed by atoms with Gasteiger partial charge in [0.1, 0.15) is 0 Å². The van der Waals surface area contributed by atoms with Gasteiger partial charge in [-0.2, -0.15) is 0 Å². The highest BCUT2D eigenvalue weighted by Gasteiger charge is 2.18. The summed E-state index contributed by atoms with van der Waals surface area (Å²) in [5, 5.41) is 3.12. The van der Waals surface area contributed by atoms with Gasteiger partial charge in [0.25, 0.3) is 0 Å². The molecule has 1 aliphatic heterocycles. The van der Waals surface area contributed by atoms with E-state index in [0.717, 1.165) is 6.54 Å². The van der Waals surface area contributed by atoms with Crippen molar-refractivity contribution >= 4 is 5.96 Å². The molecule has 1 unspecified atom stereocenters. The molecule has 1 heterocycles. The Bertz CT molecular complexity index is 178. The SMILES string of the molecule is CN=C(N)NCC1CCCCN1C. The molecule has 76 valence electrons. The molecule has 1 fully saturated rings. The van der Waals surface area contributed by atoms with Crippen LogP contribution < -0.4 is 11.1 Å². The second-order valence-corrected chi connectivity index (χ2v) is 3.62. The lowest BCUT2D eigenvalue weighted by Crippen LogP contribution is -2.46. The van der Waals surface area contributed by atoms with Crippen LogP contribution >= 0.6 is 0 Å². The highest BCUT2D eigenvalue weighted by molar-refractivity contribution is 5.77. The van der Waals surface area contributed by atoms with E-state index in [1.165, 1.54) is 25.8 Å². The predicted octanol–water partition coefficient (Wildman–Crippen LogP) is 0.00480. The second kappa shape index (κ2) is 5.07. The molecule has 1 atom stereocenters. The largest absolute Gasteiger partial charge is 0.370 e. The molecule has 1 saturated heterocycles. The quantitative estimate of drug-likeness (QED) is 0.469. The third-order valence-electron chi connectivity index (χ3n) is 2.68. The van der Waals surface area contributed by atoms with Crippen LogP contribution in [0.1, 0.15) is 19.3 Å². The highest BCUT2D eigenvalue weighted by Crippen LogP contribution is 2.13. The van der Waals surface area contributed by atoms with Gasteiger partial charge in [-0.05, 0) is 26.4 Å². The van der Waals surface area contributed by atoms with Gasteiger partial charge < -0.3 is 16.0 Å². The van der Waals surface area contributed by atoms with Gasteiger partial charge in [0, 0.05) is 19.6 Å². The molecule has 4 nitrogen and oxygen atoms in total. The number of guanidine groups is 1. The number of nitrogens with two attached hydrogens (primary N) is 1. The van der Waals surface area contributed by atoms with Crippen LogP contribution in [0.15, 0.2) is 4.99 Å². The van der Waals surface area contributed by atoms with Crippen molar-refractivity contribution in [3.05, 3.63) is 0 Å². The van der Waals surface area contributed by atoms with E-state index in [2.05, 4.69) is 22.3 Å². The van der Waals surface area contributed by atoms with E-state index < -0.39 is 0 Å². The third kappa shape index (κ3) is 3.22. The first kappa shape index (κ1) is 10.3. The van der Waals surface area contributed by atoms with E-state index in [4.69, 9.17) is 5.73 Å². The molecule has 0 aromatic heterocycles. The zero-order chi connectivity index (χ0) is 9.68. The first-order valence-corrected chi connectivity index (χ1v) is 4.90. The van der Waals surface area contributed by atoms with E-state index in [-0.39, 0.29) is 0 Å². The first-order chi connectivity index (χ1) is 6.24. The maximum absolute atomic E-state index is 5.56. The number of nitrogens with one attached hydrogen (secondary N) is 1. The molecule has 3 N–H and O–H groups in total.